The Labute approximate surface area is 98.7 Å². The van der Waals surface area contributed by atoms with Gasteiger partial charge in [-0.1, -0.05) is 0 Å². The molecule has 0 spiro atoms. The molecule has 0 aliphatic carbocycles. The fourth-order valence-corrected chi connectivity index (χ4v) is 1.12. The number of benzene rings is 1. The number of anilines is 1. The zero-order chi connectivity index (χ0) is 13.9. The summed E-state index contributed by atoms with van der Waals surface area (Å²) in [7, 11) is 0. The van der Waals surface area contributed by atoms with Gasteiger partial charge >= 0.3 is 0 Å². The van der Waals surface area contributed by atoms with Gasteiger partial charge in [-0.2, -0.15) is 0 Å². The van der Waals surface area contributed by atoms with E-state index in [1.807, 2.05) is 5.32 Å². The summed E-state index contributed by atoms with van der Waals surface area (Å²) in [6, 6.07) is 0.873. The molecule has 100 valence electrons. The van der Waals surface area contributed by atoms with Crippen molar-refractivity contribution < 1.29 is 22.5 Å². The van der Waals surface area contributed by atoms with Crippen LogP contribution in [0.1, 0.15) is 0 Å². The van der Waals surface area contributed by atoms with Crippen molar-refractivity contribution in [2.75, 3.05) is 18.4 Å². The minimum absolute atomic E-state index is 0.437. The smallest absolute Gasteiger partial charge is 0.276 e. The van der Waals surface area contributed by atoms with Crippen molar-refractivity contribution in [3.63, 3.8) is 0 Å². The lowest BCUT2D eigenvalue weighted by molar-refractivity contribution is -0.385. The molecule has 0 atom stereocenters. The maximum absolute atomic E-state index is 13.3. The number of nitro groups is 1. The molecule has 0 bridgehead atoms. The number of hydrogen-bond donors (Lipinski definition) is 2. The molecule has 5 nitrogen and oxygen atoms in total. The Morgan fingerprint density at radius 3 is 2.22 bits per heavy atom. The largest absolute Gasteiger partial charge is 0.374 e. The first-order valence-electron chi connectivity index (χ1n) is 4.72. The van der Waals surface area contributed by atoms with Crippen LogP contribution in [0.5, 0.6) is 0 Å². The van der Waals surface area contributed by atoms with E-state index in [-0.39, 0.29) is 0 Å². The first-order valence-corrected chi connectivity index (χ1v) is 4.72. The highest BCUT2D eigenvalue weighted by Gasteiger charge is 2.27. The highest BCUT2D eigenvalue weighted by Crippen LogP contribution is 2.25. The van der Waals surface area contributed by atoms with E-state index in [9.17, 15) is 27.7 Å². The molecule has 0 fully saturated rings. The van der Waals surface area contributed by atoms with E-state index in [2.05, 4.69) is 0 Å². The summed E-state index contributed by atoms with van der Waals surface area (Å²) in [4.78, 5) is 9.30. The Bertz CT molecular complexity index is 444. The number of non-ortho nitro benzene ring substituents is 1. The first-order chi connectivity index (χ1) is 8.26. The number of rotatable bonds is 5. The van der Waals surface area contributed by atoms with E-state index < -0.39 is 46.9 Å². The first kappa shape index (κ1) is 14.2. The molecule has 9 heteroatoms. The van der Waals surface area contributed by atoms with Crippen molar-refractivity contribution >= 4 is 11.4 Å². The Balaban J connectivity index is 2.94. The van der Waals surface area contributed by atoms with Crippen LogP contribution in [0, 0.1) is 21.7 Å². The summed E-state index contributed by atoms with van der Waals surface area (Å²) in [5.74, 6) is -5.98. The summed E-state index contributed by atoms with van der Waals surface area (Å²) >= 11 is 0. The fraction of sp³-hybridized carbons (Fsp3) is 0.333. The third kappa shape index (κ3) is 3.29. The van der Waals surface area contributed by atoms with Gasteiger partial charge in [0.05, 0.1) is 30.1 Å². The van der Waals surface area contributed by atoms with E-state index in [4.69, 9.17) is 5.73 Å². The van der Waals surface area contributed by atoms with Crippen LogP contribution in [-0.2, 0) is 0 Å². The Kier molecular flexibility index (Phi) is 4.07. The Hall–Kier alpha value is -1.90. The lowest BCUT2D eigenvalue weighted by atomic mass is 10.2. The van der Waals surface area contributed by atoms with Gasteiger partial charge in [0.15, 0.2) is 11.6 Å². The van der Waals surface area contributed by atoms with Crippen LogP contribution < -0.4 is 11.1 Å². The van der Waals surface area contributed by atoms with Crippen LogP contribution in [0.4, 0.5) is 28.9 Å². The van der Waals surface area contributed by atoms with Gasteiger partial charge in [0.2, 0.25) is 0 Å². The number of alkyl halides is 2. The van der Waals surface area contributed by atoms with Crippen molar-refractivity contribution in [3.8, 4) is 0 Å². The second-order valence-corrected chi connectivity index (χ2v) is 3.46. The number of nitrogens with one attached hydrogen (secondary N) is 1. The molecule has 1 rings (SSSR count). The maximum atomic E-state index is 13.3. The molecule has 1 aromatic carbocycles. The van der Waals surface area contributed by atoms with E-state index in [0.29, 0.717) is 12.1 Å². The van der Waals surface area contributed by atoms with Crippen LogP contribution in [0.15, 0.2) is 12.1 Å². The number of nitro benzene ring substituents is 1. The van der Waals surface area contributed by atoms with Crippen LogP contribution in [0.25, 0.3) is 0 Å². The average molecular weight is 267 g/mol. The molecule has 0 aliphatic heterocycles. The zero-order valence-electron chi connectivity index (χ0n) is 8.92. The van der Waals surface area contributed by atoms with Gasteiger partial charge in [-0.15, -0.1) is 0 Å². The standard InChI is InChI=1S/C9H9F4N3O2/c10-6-1-5(16(17)18)2-7(11)8(6)15-4-9(12,13)3-14/h1-2,15H,3-4,14H2. The molecule has 1 aromatic rings. The van der Waals surface area contributed by atoms with Crippen molar-refractivity contribution in [2.24, 2.45) is 5.73 Å². The summed E-state index contributed by atoms with van der Waals surface area (Å²) < 4.78 is 52.1. The topological polar surface area (TPSA) is 81.2 Å². The molecular weight excluding hydrogens is 258 g/mol. The maximum Gasteiger partial charge on any atom is 0.276 e. The fourth-order valence-electron chi connectivity index (χ4n) is 1.12. The van der Waals surface area contributed by atoms with E-state index in [1.165, 1.54) is 0 Å². The molecule has 0 aliphatic rings. The van der Waals surface area contributed by atoms with Crippen molar-refractivity contribution in [1.82, 2.24) is 0 Å². The lowest BCUT2D eigenvalue weighted by Crippen LogP contribution is -2.35. The molecule has 0 radical (unpaired) electrons. The lowest BCUT2D eigenvalue weighted by Gasteiger charge is -2.16. The molecule has 0 amide bonds. The van der Waals surface area contributed by atoms with Crippen LogP contribution >= 0.6 is 0 Å². The van der Waals surface area contributed by atoms with Gasteiger partial charge in [0.1, 0.15) is 5.69 Å². The third-order valence-electron chi connectivity index (χ3n) is 2.06. The molecule has 3 N–H and O–H groups in total. The molecule has 0 unspecified atom stereocenters. The Morgan fingerprint density at radius 1 is 1.33 bits per heavy atom. The number of halogens is 4. The summed E-state index contributed by atoms with van der Waals surface area (Å²) in [5.41, 5.74) is 3.09. The van der Waals surface area contributed by atoms with E-state index in [0.717, 1.165) is 0 Å². The normalized spacial score (nSPS) is 11.4. The SMILES string of the molecule is NCC(F)(F)CNc1c(F)cc([N+](=O)[O-])cc1F. The summed E-state index contributed by atoms with van der Waals surface area (Å²) in [6.07, 6.45) is 0. The monoisotopic (exact) mass is 267 g/mol. The highest BCUT2D eigenvalue weighted by atomic mass is 19.3. The molecule has 0 heterocycles. The summed E-state index contributed by atoms with van der Waals surface area (Å²) in [6.45, 7) is -2.06. The number of nitrogens with two attached hydrogens (primary N) is 1. The molecule has 0 saturated heterocycles. The van der Waals surface area contributed by atoms with E-state index >= 15 is 0 Å². The zero-order valence-corrected chi connectivity index (χ0v) is 8.92. The van der Waals surface area contributed by atoms with Crippen LogP contribution in [0.2, 0.25) is 0 Å². The predicted octanol–water partition coefficient (Wildman–Crippen LogP) is 1.88. The molecule has 18 heavy (non-hydrogen) atoms. The minimum Gasteiger partial charge on any atom is -0.374 e. The quantitative estimate of drug-likeness (QED) is 0.485. The van der Waals surface area contributed by atoms with Crippen molar-refractivity contribution in [2.45, 2.75) is 5.92 Å². The molecule has 0 saturated carbocycles. The minimum atomic E-state index is -3.33. The third-order valence-corrected chi connectivity index (χ3v) is 2.06. The van der Waals surface area contributed by atoms with Gasteiger partial charge in [-0.25, -0.2) is 17.6 Å². The Morgan fingerprint density at radius 2 is 1.83 bits per heavy atom. The highest BCUT2D eigenvalue weighted by molar-refractivity contribution is 5.51. The average Bonchev–Trinajstić information content (AvgIpc) is 2.27. The van der Waals surface area contributed by atoms with Gasteiger partial charge in [0.25, 0.3) is 11.6 Å². The van der Waals surface area contributed by atoms with Gasteiger partial charge in [-0.05, 0) is 0 Å². The van der Waals surface area contributed by atoms with Gasteiger partial charge in [-0.3, -0.25) is 10.1 Å². The van der Waals surface area contributed by atoms with Crippen molar-refractivity contribution in [3.05, 3.63) is 33.9 Å². The number of nitrogens with zero attached hydrogens (tertiary/aromatic N) is 1. The second kappa shape index (κ2) is 5.17. The van der Waals surface area contributed by atoms with Crippen molar-refractivity contribution in [1.29, 1.82) is 0 Å². The molecular formula is C9H9F4N3O2. The predicted molar refractivity (Wildman–Crippen MR) is 55.5 cm³/mol. The second-order valence-electron chi connectivity index (χ2n) is 3.46. The van der Waals surface area contributed by atoms with Crippen LogP contribution in [-0.4, -0.2) is 23.9 Å². The van der Waals surface area contributed by atoms with E-state index in [1.54, 1.807) is 0 Å². The molecule has 0 aromatic heterocycles. The van der Waals surface area contributed by atoms with Gasteiger partial charge < -0.3 is 11.1 Å². The summed E-state index contributed by atoms with van der Waals surface area (Å²) in [5, 5.41) is 12.1. The number of hydrogen-bond acceptors (Lipinski definition) is 4. The van der Waals surface area contributed by atoms with Crippen LogP contribution in [0.3, 0.4) is 0 Å². The van der Waals surface area contributed by atoms with Gasteiger partial charge in [0, 0.05) is 0 Å².